The number of hydrogen-bond acceptors (Lipinski definition) is 1. The average molecular weight is 257 g/mol. The molecule has 1 aromatic carbocycles. The van der Waals surface area contributed by atoms with E-state index < -0.39 is 0 Å². The van der Waals surface area contributed by atoms with Gasteiger partial charge in [-0.2, -0.15) is 0 Å². The van der Waals surface area contributed by atoms with Gasteiger partial charge in [0.2, 0.25) is 0 Å². The summed E-state index contributed by atoms with van der Waals surface area (Å²) >= 11 is 0. The van der Waals surface area contributed by atoms with Gasteiger partial charge in [-0.15, -0.1) is 0 Å². The van der Waals surface area contributed by atoms with Crippen molar-refractivity contribution < 1.29 is 0 Å². The lowest BCUT2D eigenvalue weighted by Crippen LogP contribution is -2.42. The maximum absolute atomic E-state index is 6.12. The Bertz CT molecular complexity index is 473. The second-order valence-corrected chi connectivity index (χ2v) is 5.97. The number of guanidine groups is 1. The summed E-state index contributed by atoms with van der Waals surface area (Å²) in [6, 6.07) is 8.66. The zero-order chi connectivity index (χ0) is 13.2. The Kier molecular flexibility index (Phi) is 3.45. The largest absolute Gasteiger partial charge is 0.370 e. The molecule has 0 amide bonds. The number of benzene rings is 1. The third-order valence-corrected chi connectivity index (χ3v) is 4.54. The van der Waals surface area contributed by atoms with Gasteiger partial charge in [0.1, 0.15) is 0 Å². The van der Waals surface area contributed by atoms with Crippen LogP contribution >= 0.6 is 0 Å². The van der Waals surface area contributed by atoms with Crippen molar-refractivity contribution in [3.63, 3.8) is 0 Å². The standard InChI is InChI=1S/C16H23N3/c1-12-6-8-19(9-7-12)16(17)18-11-14-10-13-4-2-3-5-15(13)14/h2-5,12,14H,6-11H2,1H3,(H2,17,18). The number of nitrogens with two attached hydrogens (primary N) is 1. The molecule has 1 aliphatic heterocycles. The van der Waals surface area contributed by atoms with Gasteiger partial charge in [0.15, 0.2) is 5.96 Å². The molecule has 102 valence electrons. The van der Waals surface area contributed by atoms with Crippen molar-refractivity contribution in [2.75, 3.05) is 19.6 Å². The molecule has 1 heterocycles. The molecule has 1 fully saturated rings. The summed E-state index contributed by atoms with van der Waals surface area (Å²) in [7, 11) is 0. The number of piperidine rings is 1. The molecule has 19 heavy (non-hydrogen) atoms. The lowest BCUT2D eigenvalue weighted by atomic mass is 9.78. The fraction of sp³-hybridized carbons (Fsp3) is 0.562. The van der Waals surface area contributed by atoms with E-state index in [1.165, 1.54) is 24.0 Å². The quantitative estimate of drug-likeness (QED) is 0.653. The Morgan fingerprint density at radius 3 is 2.79 bits per heavy atom. The molecule has 1 saturated heterocycles. The summed E-state index contributed by atoms with van der Waals surface area (Å²) in [6.07, 6.45) is 3.63. The minimum atomic E-state index is 0.582. The molecule has 1 unspecified atom stereocenters. The van der Waals surface area contributed by atoms with Crippen LogP contribution in [0.1, 0.15) is 36.8 Å². The van der Waals surface area contributed by atoms with Gasteiger partial charge in [-0.05, 0) is 36.3 Å². The van der Waals surface area contributed by atoms with Gasteiger partial charge in [-0.25, -0.2) is 0 Å². The second kappa shape index (κ2) is 5.24. The lowest BCUT2D eigenvalue weighted by Gasteiger charge is -2.32. The number of rotatable bonds is 2. The molecular weight excluding hydrogens is 234 g/mol. The molecule has 1 aromatic rings. The Morgan fingerprint density at radius 1 is 1.32 bits per heavy atom. The van der Waals surface area contributed by atoms with E-state index in [4.69, 9.17) is 5.73 Å². The highest BCUT2D eigenvalue weighted by Crippen LogP contribution is 2.34. The Hall–Kier alpha value is -1.51. The van der Waals surface area contributed by atoms with Gasteiger partial charge in [-0.1, -0.05) is 31.2 Å². The van der Waals surface area contributed by atoms with E-state index in [1.54, 1.807) is 0 Å². The first kappa shape index (κ1) is 12.5. The first-order valence-electron chi connectivity index (χ1n) is 7.36. The SMILES string of the molecule is CC1CCN(C(N)=NCC2Cc3ccccc32)CC1. The van der Waals surface area contributed by atoms with Gasteiger partial charge < -0.3 is 10.6 Å². The lowest BCUT2D eigenvalue weighted by molar-refractivity contribution is 0.277. The smallest absolute Gasteiger partial charge is 0.191 e. The van der Waals surface area contributed by atoms with E-state index in [0.717, 1.165) is 37.9 Å². The van der Waals surface area contributed by atoms with Crippen LogP contribution in [-0.4, -0.2) is 30.5 Å². The highest BCUT2D eigenvalue weighted by atomic mass is 15.3. The van der Waals surface area contributed by atoms with Gasteiger partial charge in [0, 0.05) is 25.6 Å². The first-order chi connectivity index (χ1) is 9.24. The summed E-state index contributed by atoms with van der Waals surface area (Å²) in [5.74, 6) is 2.16. The van der Waals surface area contributed by atoms with Crippen molar-refractivity contribution in [3.8, 4) is 0 Å². The number of fused-ring (bicyclic) bond motifs is 1. The van der Waals surface area contributed by atoms with E-state index in [9.17, 15) is 0 Å². The van der Waals surface area contributed by atoms with E-state index in [-0.39, 0.29) is 0 Å². The molecule has 3 heteroatoms. The van der Waals surface area contributed by atoms with Crippen LogP contribution in [-0.2, 0) is 6.42 Å². The first-order valence-corrected chi connectivity index (χ1v) is 7.36. The van der Waals surface area contributed by atoms with Crippen LogP contribution in [0.3, 0.4) is 0 Å². The molecule has 0 spiro atoms. The Morgan fingerprint density at radius 2 is 2.05 bits per heavy atom. The summed E-state index contributed by atoms with van der Waals surface area (Å²) in [4.78, 5) is 6.85. The molecule has 3 nitrogen and oxygen atoms in total. The Labute approximate surface area is 115 Å². The topological polar surface area (TPSA) is 41.6 Å². The maximum Gasteiger partial charge on any atom is 0.191 e. The van der Waals surface area contributed by atoms with E-state index in [2.05, 4.69) is 41.1 Å². The van der Waals surface area contributed by atoms with Crippen LogP contribution in [0.5, 0.6) is 0 Å². The van der Waals surface area contributed by atoms with Gasteiger partial charge in [0.25, 0.3) is 0 Å². The molecule has 2 aliphatic rings. The average Bonchev–Trinajstić information content (AvgIpc) is 2.40. The molecule has 0 saturated carbocycles. The zero-order valence-electron chi connectivity index (χ0n) is 11.7. The molecule has 0 aromatic heterocycles. The highest BCUT2D eigenvalue weighted by molar-refractivity contribution is 5.78. The predicted molar refractivity (Wildman–Crippen MR) is 79.3 cm³/mol. The van der Waals surface area contributed by atoms with Gasteiger partial charge in [-0.3, -0.25) is 4.99 Å². The van der Waals surface area contributed by atoms with Crippen molar-refractivity contribution in [2.45, 2.75) is 32.1 Å². The molecule has 1 atom stereocenters. The van der Waals surface area contributed by atoms with E-state index >= 15 is 0 Å². The third-order valence-electron chi connectivity index (χ3n) is 4.54. The molecule has 2 N–H and O–H groups in total. The summed E-state index contributed by atoms with van der Waals surface area (Å²) < 4.78 is 0. The van der Waals surface area contributed by atoms with Crippen molar-refractivity contribution in [2.24, 2.45) is 16.6 Å². The van der Waals surface area contributed by atoms with Crippen LogP contribution in [0, 0.1) is 5.92 Å². The molecule has 0 radical (unpaired) electrons. The number of nitrogens with zero attached hydrogens (tertiary/aromatic N) is 2. The summed E-state index contributed by atoms with van der Waals surface area (Å²) in [6.45, 7) is 5.29. The van der Waals surface area contributed by atoms with Crippen LogP contribution in [0.4, 0.5) is 0 Å². The Balaban J connectivity index is 1.56. The van der Waals surface area contributed by atoms with Crippen LogP contribution in [0.15, 0.2) is 29.3 Å². The minimum Gasteiger partial charge on any atom is -0.370 e. The second-order valence-electron chi connectivity index (χ2n) is 5.97. The summed E-state index contributed by atoms with van der Waals surface area (Å²) in [5.41, 5.74) is 9.06. The van der Waals surface area contributed by atoms with E-state index in [1.807, 2.05) is 0 Å². The molecule has 3 rings (SSSR count). The van der Waals surface area contributed by atoms with Crippen LogP contribution in [0.2, 0.25) is 0 Å². The third kappa shape index (κ3) is 2.60. The van der Waals surface area contributed by atoms with Gasteiger partial charge in [0.05, 0.1) is 0 Å². The van der Waals surface area contributed by atoms with Crippen molar-refractivity contribution >= 4 is 5.96 Å². The molecule has 1 aliphatic carbocycles. The molecule has 0 bridgehead atoms. The fourth-order valence-electron chi connectivity index (χ4n) is 3.07. The van der Waals surface area contributed by atoms with Crippen LogP contribution in [0.25, 0.3) is 0 Å². The predicted octanol–water partition coefficient (Wildman–Crippen LogP) is 2.37. The fourth-order valence-corrected chi connectivity index (χ4v) is 3.07. The van der Waals surface area contributed by atoms with Crippen molar-refractivity contribution in [1.29, 1.82) is 0 Å². The zero-order valence-corrected chi connectivity index (χ0v) is 11.7. The minimum absolute atomic E-state index is 0.582. The molecular formula is C16H23N3. The van der Waals surface area contributed by atoms with Gasteiger partial charge >= 0.3 is 0 Å². The normalized spacial score (nSPS) is 23.9. The van der Waals surface area contributed by atoms with Crippen LogP contribution < -0.4 is 5.73 Å². The monoisotopic (exact) mass is 257 g/mol. The van der Waals surface area contributed by atoms with Crippen molar-refractivity contribution in [3.05, 3.63) is 35.4 Å². The number of aliphatic imine (C=N–C) groups is 1. The van der Waals surface area contributed by atoms with Crippen molar-refractivity contribution in [1.82, 2.24) is 4.90 Å². The number of hydrogen-bond donors (Lipinski definition) is 1. The summed E-state index contributed by atoms with van der Waals surface area (Å²) in [5, 5.41) is 0. The number of likely N-dealkylation sites (tertiary alicyclic amines) is 1. The maximum atomic E-state index is 6.12. The highest BCUT2D eigenvalue weighted by Gasteiger charge is 2.25. The van der Waals surface area contributed by atoms with E-state index in [0.29, 0.717) is 5.92 Å².